The lowest BCUT2D eigenvalue weighted by Gasteiger charge is -2.35. The fourth-order valence-corrected chi connectivity index (χ4v) is 3.85. The third-order valence-corrected chi connectivity index (χ3v) is 5.53. The summed E-state index contributed by atoms with van der Waals surface area (Å²) in [5.74, 6) is 0.0542. The number of rotatable bonds is 3. The average molecular weight is 284 g/mol. The van der Waals surface area contributed by atoms with Crippen molar-refractivity contribution in [2.75, 3.05) is 32.9 Å². The monoisotopic (exact) mass is 284 g/mol. The van der Waals surface area contributed by atoms with Crippen LogP contribution in [0.1, 0.15) is 12.8 Å². The highest BCUT2D eigenvalue weighted by Crippen LogP contribution is 2.24. The maximum atomic E-state index is 12.5. The molecule has 2 heterocycles. The van der Waals surface area contributed by atoms with E-state index in [4.69, 9.17) is 5.73 Å². The number of likely N-dealkylation sites (tertiary alicyclic amines) is 1. The SMILES string of the molecule is CN1CCCC(N(C)S(=O)(=O)c2cccnc2N)C1. The molecule has 0 spiro atoms. The minimum atomic E-state index is -3.57. The van der Waals surface area contributed by atoms with Gasteiger partial charge >= 0.3 is 0 Å². The molecule has 2 rings (SSSR count). The Hall–Kier alpha value is -1.18. The Morgan fingerprint density at radius 1 is 1.53 bits per heavy atom. The lowest BCUT2D eigenvalue weighted by molar-refractivity contribution is 0.187. The fourth-order valence-electron chi connectivity index (χ4n) is 2.41. The van der Waals surface area contributed by atoms with Crippen molar-refractivity contribution < 1.29 is 8.42 Å². The van der Waals surface area contributed by atoms with Gasteiger partial charge < -0.3 is 10.6 Å². The molecule has 106 valence electrons. The molecule has 1 saturated heterocycles. The first-order valence-corrected chi connectivity index (χ1v) is 7.74. The summed E-state index contributed by atoms with van der Waals surface area (Å²) < 4.78 is 26.5. The molecule has 1 aromatic heterocycles. The van der Waals surface area contributed by atoms with E-state index in [1.54, 1.807) is 13.1 Å². The van der Waals surface area contributed by atoms with Gasteiger partial charge in [0.05, 0.1) is 0 Å². The van der Waals surface area contributed by atoms with Gasteiger partial charge in [0, 0.05) is 25.8 Å². The standard InChI is InChI=1S/C12H20N4O2S/c1-15-8-4-5-10(9-15)16(2)19(17,18)11-6-3-7-14-12(11)13/h3,6-7,10H,4-5,8-9H2,1-2H3,(H2,13,14). The zero-order valence-electron chi connectivity index (χ0n) is 11.3. The smallest absolute Gasteiger partial charge is 0.246 e. The summed E-state index contributed by atoms with van der Waals surface area (Å²) in [6.45, 7) is 1.76. The quantitative estimate of drug-likeness (QED) is 0.868. The number of pyridine rings is 1. The van der Waals surface area contributed by atoms with E-state index >= 15 is 0 Å². The van der Waals surface area contributed by atoms with Crippen LogP contribution in [-0.4, -0.2) is 55.8 Å². The van der Waals surface area contributed by atoms with Gasteiger partial charge in [0.25, 0.3) is 0 Å². The summed E-state index contributed by atoms with van der Waals surface area (Å²) in [6.07, 6.45) is 3.37. The molecule has 0 saturated carbocycles. The molecule has 0 amide bonds. The molecule has 0 bridgehead atoms. The Morgan fingerprint density at radius 2 is 2.26 bits per heavy atom. The summed E-state index contributed by atoms with van der Waals surface area (Å²) in [5.41, 5.74) is 5.67. The molecular weight excluding hydrogens is 264 g/mol. The molecule has 0 aromatic carbocycles. The molecule has 1 aromatic rings. The Labute approximate surface area is 114 Å². The molecular formula is C12H20N4O2S. The lowest BCUT2D eigenvalue weighted by Crippen LogP contribution is -2.47. The van der Waals surface area contributed by atoms with Crippen molar-refractivity contribution in [1.82, 2.24) is 14.2 Å². The van der Waals surface area contributed by atoms with Gasteiger partial charge in [-0.05, 0) is 38.6 Å². The van der Waals surface area contributed by atoms with Crippen molar-refractivity contribution in [1.29, 1.82) is 0 Å². The number of hydrogen-bond donors (Lipinski definition) is 1. The maximum Gasteiger partial charge on any atom is 0.246 e. The van der Waals surface area contributed by atoms with E-state index in [0.29, 0.717) is 0 Å². The fraction of sp³-hybridized carbons (Fsp3) is 0.583. The summed E-state index contributed by atoms with van der Waals surface area (Å²) in [6, 6.07) is 3.08. The number of hydrogen-bond acceptors (Lipinski definition) is 5. The molecule has 0 radical (unpaired) electrons. The van der Waals surface area contributed by atoms with Gasteiger partial charge in [-0.3, -0.25) is 0 Å². The lowest BCUT2D eigenvalue weighted by atomic mass is 10.1. The Balaban J connectivity index is 2.27. The second-order valence-corrected chi connectivity index (χ2v) is 6.93. The van der Waals surface area contributed by atoms with Gasteiger partial charge in [-0.15, -0.1) is 0 Å². The average Bonchev–Trinajstić information content (AvgIpc) is 2.38. The largest absolute Gasteiger partial charge is 0.383 e. The highest BCUT2D eigenvalue weighted by atomic mass is 32.2. The van der Waals surface area contributed by atoms with Crippen LogP contribution >= 0.6 is 0 Å². The number of nitrogens with two attached hydrogens (primary N) is 1. The summed E-state index contributed by atoms with van der Waals surface area (Å²) >= 11 is 0. The summed E-state index contributed by atoms with van der Waals surface area (Å²) in [7, 11) is 0.0481. The van der Waals surface area contributed by atoms with Gasteiger partial charge in [-0.25, -0.2) is 13.4 Å². The van der Waals surface area contributed by atoms with E-state index in [0.717, 1.165) is 25.9 Å². The van der Waals surface area contributed by atoms with Gasteiger partial charge in [0.2, 0.25) is 10.0 Å². The number of nitrogen functional groups attached to an aromatic ring is 1. The Bertz CT molecular complexity index is 546. The van der Waals surface area contributed by atoms with Crippen molar-refractivity contribution in [2.45, 2.75) is 23.8 Å². The van der Waals surface area contributed by atoms with Crippen LogP contribution in [0.4, 0.5) is 5.82 Å². The zero-order chi connectivity index (χ0) is 14.0. The molecule has 1 atom stereocenters. The topological polar surface area (TPSA) is 79.5 Å². The summed E-state index contributed by atoms with van der Waals surface area (Å²) in [5, 5.41) is 0. The highest BCUT2D eigenvalue weighted by Gasteiger charge is 2.31. The number of aromatic nitrogens is 1. The van der Waals surface area contributed by atoms with Gasteiger partial charge in [-0.2, -0.15) is 4.31 Å². The van der Waals surface area contributed by atoms with E-state index in [1.807, 2.05) is 7.05 Å². The first-order chi connectivity index (χ1) is 8.93. The maximum absolute atomic E-state index is 12.5. The zero-order valence-corrected chi connectivity index (χ0v) is 12.1. The number of nitrogens with zero attached hydrogens (tertiary/aromatic N) is 3. The molecule has 1 unspecified atom stereocenters. The third kappa shape index (κ3) is 2.88. The molecule has 0 aliphatic carbocycles. The van der Waals surface area contributed by atoms with Crippen molar-refractivity contribution in [2.24, 2.45) is 0 Å². The van der Waals surface area contributed by atoms with Crippen molar-refractivity contribution in [3.05, 3.63) is 18.3 Å². The number of anilines is 1. The van der Waals surface area contributed by atoms with Crippen LogP contribution in [0.25, 0.3) is 0 Å². The molecule has 6 nitrogen and oxygen atoms in total. The second-order valence-electron chi connectivity index (χ2n) is 4.97. The molecule has 1 fully saturated rings. The normalized spacial score (nSPS) is 21.7. The molecule has 19 heavy (non-hydrogen) atoms. The third-order valence-electron chi connectivity index (χ3n) is 3.57. The predicted octanol–water partition coefficient (Wildman–Crippen LogP) is 0.378. The van der Waals surface area contributed by atoms with Gasteiger partial charge in [0.15, 0.2) is 0 Å². The number of piperidine rings is 1. The van der Waals surface area contributed by atoms with Gasteiger partial charge in [0.1, 0.15) is 10.7 Å². The predicted molar refractivity (Wildman–Crippen MR) is 74.1 cm³/mol. The minimum Gasteiger partial charge on any atom is -0.383 e. The van der Waals surface area contributed by atoms with Crippen molar-refractivity contribution in [3.63, 3.8) is 0 Å². The summed E-state index contributed by atoms with van der Waals surface area (Å²) in [4.78, 5) is 6.08. The van der Waals surface area contributed by atoms with Crippen LogP contribution in [0.15, 0.2) is 23.2 Å². The van der Waals surface area contributed by atoms with E-state index in [9.17, 15) is 8.42 Å². The van der Waals surface area contributed by atoms with Crippen LogP contribution < -0.4 is 5.73 Å². The van der Waals surface area contributed by atoms with Gasteiger partial charge in [-0.1, -0.05) is 0 Å². The highest BCUT2D eigenvalue weighted by molar-refractivity contribution is 7.89. The Morgan fingerprint density at radius 3 is 2.89 bits per heavy atom. The van der Waals surface area contributed by atoms with Crippen molar-refractivity contribution >= 4 is 15.8 Å². The first-order valence-electron chi connectivity index (χ1n) is 6.30. The van der Waals surface area contributed by atoms with E-state index in [1.165, 1.54) is 16.6 Å². The molecule has 1 aliphatic heterocycles. The van der Waals surface area contributed by atoms with E-state index < -0.39 is 10.0 Å². The van der Waals surface area contributed by atoms with E-state index in [2.05, 4.69) is 9.88 Å². The second kappa shape index (κ2) is 5.44. The molecule has 1 aliphatic rings. The van der Waals surface area contributed by atoms with Crippen LogP contribution in [0.2, 0.25) is 0 Å². The molecule has 7 heteroatoms. The number of likely N-dealkylation sites (N-methyl/N-ethyl adjacent to an activating group) is 2. The van der Waals surface area contributed by atoms with Crippen LogP contribution in [0.5, 0.6) is 0 Å². The first kappa shape index (κ1) is 14.2. The van der Waals surface area contributed by atoms with Crippen molar-refractivity contribution in [3.8, 4) is 0 Å². The molecule has 2 N–H and O–H groups in total. The minimum absolute atomic E-state index is 0.0108. The van der Waals surface area contributed by atoms with Crippen LogP contribution in [-0.2, 0) is 10.0 Å². The Kier molecular flexibility index (Phi) is 4.07. The van der Waals surface area contributed by atoms with Crippen LogP contribution in [0, 0.1) is 0 Å². The van der Waals surface area contributed by atoms with E-state index in [-0.39, 0.29) is 16.8 Å². The number of sulfonamides is 1. The van der Waals surface area contributed by atoms with Crippen LogP contribution in [0.3, 0.4) is 0 Å².